The summed E-state index contributed by atoms with van der Waals surface area (Å²) in [4.78, 5) is 0. The third kappa shape index (κ3) is 57.4. The van der Waals surface area contributed by atoms with Crippen LogP contribution in [0.25, 0.3) is 0 Å². The van der Waals surface area contributed by atoms with Gasteiger partial charge in [-0.1, -0.05) is 284 Å². The molecule has 0 saturated carbocycles. The van der Waals surface area contributed by atoms with Crippen molar-refractivity contribution in [3.63, 3.8) is 0 Å². The summed E-state index contributed by atoms with van der Waals surface area (Å²) in [6.45, 7) is 37.1. The van der Waals surface area contributed by atoms with Gasteiger partial charge < -0.3 is 52.1 Å². The molecule has 0 amide bonds. The highest BCUT2D eigenvalue weighted by Gasteiger charge is 1.99. The number of benzene rings is 11. The summed E-state index contributed by atoms with van der Waals surface area (Å²) in [5, 5.41) is 0.764. The van der Waals surface area contributed by atoms with Gasteiger partial charge in [0.1, 0.15) is 34.6 Å². The van der Waals surface area contributed by atoms with E-state index in [0.717, 1.165) is 90.6 Å². The first-order valence-corrected chi connectivity index (χ1v) is 40.6. The number of aryl methyl sites for hydroxylation is 9. The Hall–Kier alpha value is -9.60. The SMILES string of the molecule is CCCCCOc1ccc(C)cc1.CCCCOc1ccc(C)cc1.CCCOc1ccc(C)cc1.CCOc1ccc(C)cc1.CCOc1ccc(COC)cc1.COCc1ccc(C)cc1.COCc1ccc(C)cc1.COCc1ccc(C)cc1.COCc1ccc(Cl)cc1.COCc1ccc(F)cc1.Cc1ccc(C)cc1. The molecule has 11 aromatic carbocycles. The van der Waals surface area contributed by atoms with E-state index in [1.807, 2.05) is 123 Å². The van der Waals surface area contributed by atoms with Gasteiger partial charge in [-0.05, 0) is 214 Å². The van der Waals surface area contributed by atoms with Gasteiger partial charge in [0, 0.05) is 47.7 Å². The zero-order valence-electron chi connectivity index (χ0n) is 73.7. The molecule has 11 aromatic rings. The summed E-state index contributed by atoms with van der Waals surface area (Å²) in [6, 6.07) is 87.9. The first kappa shape index (κ1) is 104. The minimum Gasteiger partial charge on any atom is -0.494 e. The molecule has 0 N–H and O–H groups in total. The molecule has 0 radical (unpaired) electrons. The van der Waals surface area contributed by atoms with E-state index in [1.165, 1.54) is 104 Å². The van der Waals surface area contributed by atoms with Gasteiger partial charge in [-0.15, -0.1) is 0 Å². The van der Waals surface area contributed by atoms with Crippen LogP contribution < -0.4 is 23.7 Å². The Kier molecular flexibility index (Phi) is 62.7. The molecular formula is C103H138ClFO11. The Balaban J connectivity index is 0.000000639. The molecule has 0 atom stereocenters. The second-order valence-electron chi connectivity index (χ2n) is 27.3. The Morgan fingerprint density at radius 1 is 0.216 bits per heavy atom. The molecule has 0 heterocycles. The van der Waals surface area contributed by atoms with Crippen molar-refractivity contribution in [2.75, 3.05) is 75.7 Å². The van der Waals surface area contributed by atoms with Gasteiger partial charge in [0.2, 0.25) is 0 Å². The van der Waals surface area contributed by atoms with Crippen LogP contribution in [0.5, 0.6) is 28.7 Å². The summed E-state index contributed by atoms with van der Waals surface area (Å²) in [7, 11) is 10.1. The van der Waals surface area contributed by atoms with Crippen molar-refractivity contribution in [3.8, 4) is 28.7 Å². The second kappa shape index (κ2) is 69.7. The van der Waals surface area contributed by atoms with Crippen LogP contribution in [-0.2, 0) is 68.1 Å². The van der Waals surface area contributed by atoms with Crippen LogP contribution in [0, 0.1) is 68.1 Å². The summed E-state index contributed by atoms with van der Waals surface area (Å²) < 4.78 is 69.0. The second-order valence-corrected chi connectivity index (χ2v) is 27.8. The summed E-state index contributed by atoms with van der Waals surface area (Å²) in [5.41, 5.74) is 18.6. The Labute approximate surface area is 704 Å². The topological polar surface area (TPSA) is 102 Å². The van der Waals surface area contributed by atoms with E-state index in [0.29, 0.717) is 46.2 Å². The van der Waals surface area contributed by atoms with Gasteiger partial charge in [0.15, 0.2) is 0 Å². The minimum absolute atomic E-state index is 0.208. The number of rotatable bonds is 28. The lowest BCUT2D eigenvalue weighted by molar-refractivity contribution is 0.185. The predicted molar refractivity (Wildman–Crippen MR) is 486 cm³/mol. The normalized spacial score (nSPS) is 9.74. The van der Waals surface area contributed by atoms with Crippen molar-refractivity contribution in [1.82, 2.24) is 0 Å². The first-order chi connectivity index (χ1) is 56.1. The average Bonchev–Trinajstić information content (AvgIpc) is 0.915. The molecule has 0 aliphatic carbocycles. The molecule has 0 aliphatic rings. The highest BCUT2D eigenvalue weighted by Crippen LogP contribution is 2.17. The number of unbranched alkanes of at least 4 members (excludes halogenated alkanes) is 3. The lowest BCUT2D eigenvalue weighted by Crippen LogP contribution is -1.96. The Morgan fingerprint density at radius 2 is 0.405 bits per heavy atom. The van der Waals surface area contributed by atoms with E-state index in [4.69, 9.17) is 63.7 Å². The van der Waals surface area contributed by atoms with Crippen LogP contribution >= 0.6 is 11.6 Å². The molecule has 13 heteroatoms. The zero-order valence-corrected chi connectivity index (χ0v) is 74.4. The zero-order chi connectivity index (χ0) is 85.6. The molecule has 116 heavy (non-hydrogen) atoms. The van der Waals surface area contributed by atoms with Crippen molar-refractivity contribution >= 4 is 11.6 Å². The Morgan fingerprint density at radius 3 is 0.638 bits per heavy atom. The van der Waals surface area contributed by atoms with Gasteiger partial charge >= 0.3 is 0 Å². The van der Waals surface area contributed by atoms with E-state index in [-0.39, 0.29) is 5.82 Å². The van der Waals surface area contributed by atoms with Crippen LogP contribution in [0.15, 0.2) is 267 Å². The van der Waals surface area contributed by atoms with Gasteiger partial charge in [0.05, 0.1) is 72.7 Å². The van der Waals surface area contributed by atoms with Crippen LogP contribution in [0.4, 0.5) is 4.39 Å². The summed E-state index contributed by atoms with van der Waals surface area (Å²) in [6.07, 6.45) is 7.04. The maximum absolute atomic E-state index is 12.3. The fourth-order valence-electron chi connectivity index (χ4n) is 9.50. The van der Waals surface area contributed by atoms with Crippen LogP contribution in [0.1, 0.15) is 157 Å². The minimum atomic E-state index is -0.208. The monoisotopic (exact) mass is 1600 g/mol. The van der Waals surface area contributed by atoms with Gasteiger partial charge in [-0.3, -0.25) is 0 Å². The van der Waals surface area contributed by atoms with Crippen molar-refractivity contribution in [3.05, 3.63) is 361 Å². The van der Waals surface area contributed by atoms with Crippen molar-refractivity contribution in [2.24, 2.45) is 0 Å². The lowest BCUT2D eigenvalue weighted by Gasteiger charge is -2.05. The largest absolute Gasteiger partial charge is 0.494 e. The molecule has 0 saturated heterocycles. The number of hydrogen-bond donors (Lipinski definition) is 0. The number of methoxy groups -OCH3 is 6. The molecule has 11 rings (SSSR count). The number of hydrogen-bond acceptors (Lipinski definition) is 11. The predicted octanol–water partition coefficient (Wildman–Crippen LogP) is 27.3. The van der Waals surface area contributed by atoms with E-state index in [1.54, 1.807) is 54.8 Å². The lowest BCUT2D eigenvalue weighted by atomic mass is 10.2. The first-order valence-electron chi connectivity index (χ1n) is 40.2. The fourth-order valence-corrected chi connectivity index (χ4v) is 9.63. The van der Waals surface area contributed by atoms with Gasteiger partial charge in [-0.25, -0.2) is 4.39 Å². The third-order valence-electron chi connectivity index (χ3n) is 16.2. The highest BCUT2D eigenvalue weighted by molar-refractivity contribution is 6.30. The van der Waals surface area contributed by atoms with Crippen LogP contribution in [0.2, 0.25) is 5.02 Å². The van der Waals surface area contributed by atoms with Gasteiger partial charge in [-0.2, -0.15) is 0 Å². The van der Waals surface area contributed by atoms with Crippen molar-refractivity contribution < 1.29 is 56.5 Å². The Bertz CT molecular complexity index is 3600. The van der Waals surface area contributed by atoms with E-state index < -0.39 is 0 Å². The molecule has 0 aliphatic heterocycles. The van der Waals surface area contributed by atoms with E-state index in [2.05, 4.69) is 217 Å². The quantitative estimate of drug-likeness (QED) is 0.0438. The number of ether oxygens (including phenoxy) is 11. The molecule has 0 spiro atoms. The molecule has 0 bridgehead atoms. The van der Waals surface area contributed by atoms with E-state index >= 15 is 0 Å². The number of halogens is 2. The average molecular weight is 1610 g/mol. The van der Waals surface area contributed by atoms with Crippen molar-refractivity contribution in [1.29, 1.82) is 0 Å². The molecule has 11 nitrogen and oxygen atoms in total. The third-order valence-corrected chi connectivity index (χ3v) is 16.4. The smallest absolute Gasteiger partial charge is 0.123 e. The maximum atomic E-state index is 12.3. The van der Waals surface area contributed by atoms with Crippen molar-refractivity contribution in [2.45, 2.75) is 175 Å². The standard InChI is InChI=1S/C12H18O.C11H16O.C10H14O2.C10H14O.4C9H12O.C8H9ClO.C8H9FO.C8H10/c1-3-4-5-10-13-12-8-6-11(2)7-9-12;1-3-4-9-12-11-7-5-10(2)6-8-11;1-3-12-10-6-4-9(5-7-10)8-11-2;1-3-8-11-10-6-4-9(2)5-7-10;3*1-8-3-5-9(6-4-8)7-10-2;1-3-10-9-6-4-8(2)5-7-9;2*1-10-6-7-2-4-8(9)5-3-7;1-7-3-5-8(2)6-4-7/h6-9H,3-5,10H2,1-2H3;5-8H,3-4,9H2,1-2H3;4-7H,3,8H2,1-2H3;4-7H,3,8H2,1-2H3;3*3-6H,7H2,1-2H3;4-7H,3H2,1-2H3;2*2-5H,6H2,1H3;3-6H,1-2H3. The highest BCUT2D eigenvalue weighted by atomic mass is 35.5. The molecule has 0 unspecified atom stereocenters. The van der Waals surface area contributed by atoms with Gasteiger partial charge in [0.25, 0.3) is 0 Å². The fraction of sp³-hybridized carbons (Fsp3) is 0.359. The molecular weight excluding hydrogens is 1470 g/mol. The molecule has 0 aromatic heterocycles. The van der Waals surface area contributed by atoms with Crippen LogP contribution in [-0.4, -0.2) is 75.7 Å². The maximum Gasteiger partial charge on any atom is 0.123 e. The summed E-state index contributed by atoms with van der Waals surface area (Å²) >= 11 is 5.67. The molecule has 0 fully saturated rings. The van der Waals surface area contributed by atoms with E-state index in [9.17, 15) is 4.39 Å². The molecule has 630 valence electrons. The summed E-state index contributed by atoms with van der Waals surface area (Å²) in [5.74, 6) is 4.60. The van der Waals surface area contributed by atoms with Crippen LogP contribution in [0.3, 0.4) is 0 Å².